The number of rotatable bonds is 7. The van der Waals surface area contributed by atoms with E-state index in [4.69, 9.17) is 4.74 Å². The molecule has 4 aromatic rings. The van der Waals surface area contributed by atoms with Crippen molar-refractivity contribution < 1.29 is 13.9 Å². The van der Waals surface area contributed by atoms with Gasteiger partial charge in [-0.3, -0.25) is 16.0 Å². The smallest absolute Gasteiger partial charge is 0.362 e. The van der Waals surface area contributed by atoms with Crippen molar-refractivity contribution in [1.29, 1.82) is 0 Å². The Morgan fingerprint density at radius 1 is 0.743 bits per heavy atom. The number of para-hydroxylation sites is 1. The molecule has 0 aromatic heterocycles. The van der Waals surface area contributed by atoms with Gasteiger partial charge in [0.2, 0.25) is 5.79 Å². The molecule has 5 nitrogen and oxygen atoms in total. The van der Waals surface area contributed by atoms with E-state index in [0.717, 1.165) is 16.7 Å². The minimum Gasteiger partial charge on any atom is -0.423 e. The summed E-state index contributed by atoms with van der Waals surface area (Å²) in [5.41, 5.74) is 2.90. The lowest BCUT2D eigenvalue weighted by molar-refractivity contribution is -0.144. The van der Waals surface area contributed by atoms with Crippen molar-refractivity contribution in [1.82, 2.24) is 16.0 Å². The summed E-state index contributed by atoms with van der Waals surface area (Å²) < 4.78 is 19.2. The zero-order valence-corrected chi connectivity index (χ0v) is 19.0. The number of hydrogen-bond donors (Lipinski definition) is 3. The van der Waals surface area contributed by atoms with E-state index in [1.54, 1.807) is 24.3 Å². The largest absolute Gasteiger partial charge is 0.423 e. The van der Waals surface area contributed by atoms with Crippen LogP contribution in [-0.4, -0.2) is 11.8 Å². The van der Waals surface area contributed by atoms with Crippen LogP contribution >= 0.6 is 0 Å². The molecule has 0 saturated carbocycles. The van der Waals surface area contributed by atoms with Crippen molar-refractivity contribution in [2.75, 3.05) is 0 Å². The van der Waals surface area contributed by atoms with Crippen molar-refractivity contribution in [3.63, 3.8) is 0 Å². The van der Waals surface area contributed by atoms with Crippen LogP contribution in [0.25, 0.3) is 0 Å². The van der Waals surface area contributed by atoms with Crippen molar-refractivity contribution in [3.8, 4) is 5.75 Å². The molecular weight excluding hydrogens is 441 g/mol. The Morgan fingerprint density at radius 3 is 1.74 bits per heavy atom. The minimum absolute atomic E-state index is 0.220. The molecule has 0 bridgehead atoms. The highest BCUT2D eigenvalue weighted by Crippen LogP contribution is 2.37. The number of carbonyl (C=O) groups excluding carboxylic acids is 1. The van der Waals surface area contributed by atoms with E-state index < -0.39 is 11.8 Å². The molecule has 4 aromatic carbocycles. The van der Waals surface area contributed by atoms with Crippen LogP contribution < -0.4 is 20.7 Å². The standard InChI is InChI=1S/C29H26FN3O2/c30-24-18-16-21(17-19-24)20-31-29(28(34)35-25-14-8-3-9-15-25)32-26(22-10-4-1-5-11-22)27(33-29)23-12-6-2-7-13-23/h1-19,26-27,31-33H,20H2. The summed E-state index contributed by atoms with van der Waals surface area (Å²) in [6, 6.07) is 34.7. The zero-order valence-electron chi connectivity index (χ0n) is 19.0. The molecule has 0 aliphatic carbocycles. The maximum atomic E-state index is 13.7. The first-order valence-corrected chi connectivity index (χ1v) is 11.5. The molecular formula is C29H26FN3O2. The second-order valence-corrected chi connectivity index (χ2v) is 8.50. The van der Waals surface area contributed by atoms with Gasteiger partial charge in [-0.15, -0.1) is 0 Å². The Bertz CT molecular complexity index is 1200. The van der Waals surface area contributed by atoms with E-state index in [0.29, 0.717) is 12.3 Å². The highest BCUT2D eigenvalue weighted by atomic mass is 19.1. The average Bonchev–Trinajstić information content (AvgIpc) is 3.31. The quantitative estimate of drug-likeness (QED) is 0.268. The SMILES string of the molecule is O=C(Oc1ccccc1)C1(NCc2ccc(F)cc2)NC(c2ccccc2)C(c2ccccc2)N1. The third kappa shape index (κ3) is 5.15. The fourth-order valence-corrected chi connectivity index (χ4v) is 4.35. The van der Waals surface area contributed by atoms with Crippen LogP contribution in [0.4, 0.5) is 4.39 Å². The van der Waals surface area contributed by atoms with E-state index in [2.05, 4.69) is 16.0 Å². The average molecular weight is 468 g/mol. The van der Waals surface area contributed by atoms with Gasteiger partial charge in [0.15, 0.2) is 0 Å². The number of carbonyl (C=O) groups is 1. The normalized spacial score (nSPS) is 21.5. The predicted molar refractivity (Wildman–Crippen MR) is 133 cm³/mol. The summed E-state index contributed by atoms with van der Waals surface area (Å²) in [6.45, 7) is 0.313. The number of esters is 1. The number of hydrogen-bond acceptors (Lipinski definition) is 5. The van der Waals surface area contributed by atoms with Crippen LogP contribution in [-0.2, 0) is 11.3 Å². The van der Waals surface area contributed by atoms with Gasteiger partial charge < -0.3 is 4.74 Å². The summed E-state index contributed by atoms with van der Waals surface area (Å²) >= 11 is 0. The van der Waals surface area contributed by atoms with Crippen molar-refractivity contribution >= 4 is 5.97 Å². The monoisotopic (exact) mass is 467 g/mol. The summed E-state index contributed by atoms with van der Waals surface area (Å²) in [6.07, 6.45) is 0. The van der Waals surface area contributed by atoms with Gasteiger partial charge in [0.05, 0.1) is 12.1 Å². The number of ether oxygens (including phenoxy) is 1. The first kappa shape index (κ1) is 22.9. The lowest BCUT2D eigenvalue weighted by Gasteiger charge is -2.29. The van der Waals surface area contributed by atoms with Crippen LogP contribution in [0, 0.1) is 5.82 Å². The van der Waals surface area contributed by atoms with Gasteiger partial charge in [0, 0.05) is 6.54 Å². The topological polar surface area (TPSA) is 62.4 Å². The second kappa shape index (κ2) is 10.2. The fraction of sp³-hybridized carbons (Fsp3) is 0.138. The summed E-state index contributed by atoms with van der Waals surface area (Å²) in [4.78, 5) is 13.7. The van der Waals surface area contributed by atoms with Crippen LogP contribution in [0.2, 0.25) is 0 Å². The van der Waals surface area contributed by atoms with Gasteiger partial charge in [0.25, 0.3) is 0 Å². The molecule has 1 fully saturated rings. The van der Waals surface area contributed by atoms with Crippen molar-refractivity contribution in [2.45, 2.75) is 24.4 Å². The molecule has 2 atom stereocenters. The predicted octanol–water partition coefficient (Wildman–Crippen LogP) is 4.85. The van der Waals surface area contributed by atoms with E-state index in [-0.39, 0.29) is 17.9 Å². The molecule has 1 aliphatic rings. The number of nitrogens with one attached hydrogen (secondary N) is 3. The van der Waals surface area contributed by atoms with Crippen LogP contribution in [0.1, 0.15) is 28.8 Å². The van der Waals surface area contributed by atoms with Gasteiger partial charge >= 0.3 is 5.97 Å². The van der Waals surface area contributed by atoms with Gasteiger partial charge in [-0.2, -0.15) is 0 Å². The van der Waals surface area contributed by atoms with Gasteiger partial charge in [0.1, 0.15) is 11.6 Å². The Hall–Kier alpha value is -3.84. The molecule has 176 valence electrons. The Morgan fingerprint density at radius 2 is 1.23 bits per heavy atom. The van der Waals surface area contributed by atoms with Gasteiger partial charge in [-0.25, -0.2) is 9.18 Å². The lowest BCUT2D eigenvalue weighted by atomic mass is 9.95. The van der Waals surface area contributed by atoms with Crippen LogP contribution in [0.3, 0.4) is 0 Å². The highest BCUT2D eigenvalue weighted by molar-refractivity contribution is 5.83. The molecule has 2 unspecified atom stereocenters. The first-order chi connectivity index (χ1) is 17.1. The molecule has 6 heteroatoms. The molecule has 1 saturated heterocycles. The third-order valence-corrected chi connectivity index (χ3v) is 6.13. The van der Waals surface area contributed by atoms with Crippen LogP contribution in [0.15, 0.2) is 115 Å². The summed E-state index contributed by atoms with van der Waals surface area (Å²) in [7, 11) is 0. The first-order valence-electron chi connectivity index (χ1n) is 11.5. The van der Waals surface area contributed by atoms with E-state index >= 15 is 0 Å². The summed E-state index contributed by atoms with van der Waals surface area (Å²) in [5, 5.41) is 10.3. The maximum absolute atomic E-state index is 13.7. The highest BCUT2D eigenvalue weighted by Gasteiger charge is 2.51. The Balaban J connectivity index is 1.51. The molecule has 0 amide bonds. The minimum atomic E-state index is -1.40. The molecule has 3 N–H and O–H groups in total. The number of halogens is 1. The Kier molecular flexibility index (Phi) is 6.68. The molecule has 35 heavy (non-hydrogen) atoms. The van der Waals surface area contributed by atoms with Crippen molar-refractivity contribution in [3.05, 3.63) is 138 Å². The van der Waals surface area contributed by atoms with Gasteiger partial charge in [-0.1, -0.05) is 91.0 Å². The molecule has 0 radical (unpaired) electrons. The van der Waals surface area contributed by atoms with E-state index in [1.165, 1.54) is 12.1 Å². The summed E-state index contributed by atoms with van der Waals surface area (Å²) in [5.74, 6) is -1.77. The zero-order chi connectivity index (χ0) is 24.1. The Labute approximate surface area is 204 Å². The molecule has 0 spiro atoms. The molecule has 1 aliphatic heterocycles. The van der Waals surface area contributed by atoms with E-state index in [1.807, 2.05) is 78.9 Å². The second-order valence-electron chi connectivity index (χ2n) is 8.50. The van der Waals surface area contributed by atoms with Crippen molar-refractivity contribution in [2.24, 2.45) is 0 Å². The number of benzene rings is 4. The molecule has 5 rings (SSSR count). The van der Waals surface area contributed by atoms with E-state index in [9.17, 15) is 9.18 Å². The lowest BCUT2D eigenvalue weighted by Crippen LogP contribution is -2.67. The maximum Gasteiger partial charge on any atom is 0.362 e. The fourth-order valence-electron chi connectivity index (χ4n) is 4.35. The third-order valence-electron chi connectivity index (χ3n) is 6.13. The van der Waals surface area contributed by atoms with Crippen LogP contribution in [0.5, 0.6) is 5.75 Å². The molecule has 1 heterocycles. The van der Waals surface area contributed by atoms with Gasteiger partial charge in [-0.05, 0) is 41.0 Å².